The van der Waals surface area contributed by atoms with Gasteiger partial charge in [-0.3, -0.25) is 0 Å². The van der Waals surface area contributed by atoms with E-state index in [4.69, 9.17) is 11.6 Å². The molecule has 0 saturated heterocycles. The Morgan fingerprint density at radius 2 is 2.29 bits per heavy atom. The maximum Gasteiger partial charge on any atom is 0.140 e. The van der Waals surface area contributed by atoms with Crippen LogP contribution in [0, 0.1) is 6.92 Å². The predicted octanol–water partition coefficient (Wildman–Crippen LogP) is 4.52. The molecule has 0 amide bonds. The van der Waals surface area contributed by atoms with Crippen molar-refractivity contribution in [3.05, 3.63) is 43.6 Å². The third-order valence-corrected chi connectivity index (χ3v) is 4.17. The third-order valence-electron chi connectivity index (χ3n) is 2.27. The van der Waals surface area contributed by atoms with Gasteiger partial charge < -0.3 is 5.32 Å². The summed E-state index contributed by atoms with van der Waals surface area (Å²) in [5, 5.41) is 3.30. The Morgan fingerprint density at radius 3 is 2.94 bits per heavy atom. The van der Waals surface area contributed by atoms with Crippen molar-refractivity contribution in [2.45, 2.75) is 13.3 Å². The van der Waals surface area contributed by atoms with Crippen LogP contribution in [-0.4, -0.2) is 11.5 Å². The normalized spacial score (nSPS) is 10.5. The second-order valence-corrected chi connectivity index (χ2v) is 6.38. The van der Waals surface area contributed by atoms with Crippen LogP contribution >= 0.6 is 38.9 Å². The Hall–Kier alpha value is -0.580. The number of nitrogens with zero attached hydrogens (tertiary/aromatic N) is 1. The molecule has 0 radical (unpaired) electrons. The van der Waals surface area contributed by atoms with Crippen molar-refractivity contribution in [2.75, 3.05) is 11.9 Å². The molecule has 2 rings (SSSR count). The molecular weight excluding hydrogens is 320 g/mol. The molecule has 17 heavy (non-hydrogen) atoms. The topological polar surface area (TPSA) is 24.9 Å². The van der Waals surface area contributed by atoms with Crippen molar-refractivity contribution >= 4 is 44.7 Å². The van der Waals surface area contributed by atoms with Gasteiger partial charge in [-0.1, -0.05) is 11.6 Å². The number of aryl methyl sites for hydroxylation is 1. The quantitative estimate of drug-likeness (QED) is 0.891. The molecule has 0 unspecified atom stereocenters. The van der Waals surface area contributed by atoms with Crippen molar-refractivity contribution in [2.24, 2.45) is 0 Å². The summed E-state index contributed by atoms with van der Waals surface area (Å²) in [6.07, 6.45) is 2.81. The van der Waals surface area contributed by atoms with E-state index < -0.39 is 0 Å². The smallest absolute Gasteiger partial charge is 0.140 e. The molecule has 0 aliphatic carbocycles. The minimum Gasteiger partial charge on any atom is -0.369 e. The van der Waals surface area contributed by atoms with Crippen molar-refractivity contribution < 1.29 is 0 Å². The molecule has 2 aromatic heterocycles. The van der Waals surface area contributed by atoms with Gasteiger partial charge >= 0.3 is 0 Å². The monoisotopic (exact) mass is 330 g/mol. The van der Waals surface area contributed by atoms with Crippen LogP contribution in [0.25, 0.3) is 0 Å². The summed E-state index contributed by atoms with van der Waals surface area (Å²) in [4.78, 5) is 5.62. The van der Waals surface area contributed by atoms with E-state index in [1.54, 1.807) is 11.3 Å². The number of nitrogens with one attached hydrogen (secondary N) is 1. The zero-order chi connectivity index (χ0) is 12.3. The number of aromatic nitrogens is 1. The van der Waals surface area contributed by atoms with Gasteiger partial charge in [0, 0.05) is 17.6 Å². The molecule has 1 N–H and O–H groups in total. The third kappa shape index (κ3) is 3.69. The first-order valence-corrected chi connectivity index (χ1v) is 7.24. The van der Waals surface area contributed by atoms with Gasteiger partial charge in [0.1, 0.15) is 5.82 Å². The van der Waals surface area contributed by atoms with Crippen LogP contribution < -0.4 is 5.32 Å². The largest absolute Gasteiger partial charge is 0.369 e. The molecule has 0 aliphatic rings. The van der Waals surface area contributed by atoms with E-state index in [0.29, 0.717) is 0 Å². The van der Waals surface area contributed by atoms with E-state index in [-0.39, 0.29) is 0 Å². The standard InChI is InChI=1S/C12H12BrClN2S/c1-8-6-10(13)12(16-7-8)15-5-4-9-2-3-11(14)17-9/h2-3,6-7H,4-5H2,1H3,(H,15,16). The van der Waals surface area contributed by atoms with Gasteiger partial charge in [0.05, 0.1) is 8.81 Å². The first-order valence-electron chi connectivity index (χ1n) is 5.25. The van der Waals surface area contributed by atoms with Crippen molar-refractivity contribution in [3.8, 4) is 0 Å². The highest BCUT2D eigenvalue weighted by Crippen LogP contribution is 2.23. The molecule has 0 atom stereocenters. The number of pyridine rings is 1. The number of hydrogen-bond acceptors (Lipinski definition) is 3. The van der Waals surface area contributed by atoms with Gasteiger partial charge in [0.15, 0.2) is 0 Å². The molecule has 2 heterocycles. The van der Waals surface area contributed by atoms with Crippen LogP contribution in [0.1, 0.15) is 10.4 Å². The molecule has 90 valence electrons. The molecule has 2 nitrogen and oxygen atoms in total. The zero-order valence-electron chi connectivity index (χ0n) is 9.34. The summed E-state index contributed by atoms with van der Waals surface area (Å²) in [5.74, 6) is 0.887. The fourth-order valence-electron chi connectivity index (χ4n) is 1.45. The van der Waals surface area contributed by atoms with Crippen molar-refractivity contribution in [1.29, 1.82) is 0 Å². The predicted molar refractivity (Wildman–Crippen MR) is 78.2 cm³/mol. The fraction of sp³-hybridized carbons (Fsp3) is 0.250. The minimum absolute atomic E-state index is 0.842. The Kier molecular flexibility index (Phi) is 4.42. The average molecular weight is 332 g/mol. The number of rotatable bonds is 4. The molecule has 0 fully saturated rings. The van der Waals surface area contributed by atoms with Crippen molar-refractivity contribution in [1.82, 2.24) is 4.98 Å². The number of hydrogen-bond donors (Lipinski definition) is 1. The van der Waals surface area contributed by atoms with Crippen molar-refractivity contribution in [3.63, 3.8) is 0 Å². The first-order chi connectivity index (χ1) is 8.15. The van der Waals surface area contributed by atoms with Gasteiger partial charge in [-0.15, -0.1) is 11.3 Å². The van der Waals surface area contributed by atoms with Crippen LogP contribution in [0.4, 0.5) is 5.82 Å². The van der Waals surface area contributed by atoms with Crippen LogP contribution in [-0.2, 0) is 6.42 Å². The molecule has 0 aromatic carbocycles. The van der Waals surface area contributed by atoms with E-state index in [1.807, 2.05) is 19.2 Å². The molecule has 0 spiro atoms. The van der Waals surface area contributed by atoms with Crippen LogP contribution in [0.2, 0.25) is 4.34 Å². The maximum absolute atomic E-state index is 5.88. The second kappa shape index (κ2) is 5.85. The van der Waals surface area contributed by atoms with E-state index in [0.717, 1.165) is 33.2 Å². The van der Waals surface area contributed by atoms with Gasteiger partial charge in [-0.05, 0) is 53.0 Å². The van der Waals surface area contributed by atoms with Crippen LogP contribution in [0.3, 0.4) is 0 Å². The molecule has 0 saturated carbocycles. The van der Waals surface area contributed by atoms with Gasteiger partial charge in [0.25, 0.3) is 0 Å². The van der Waals surface area contributed by atoms with E-state index in [9.17, 15) is 0 Å². The van der Waals surface area contributed by atoms with Crippen LogP contribution in [0.15, 0.2) is 28.9 Å². The molecule has 2 aromatic rings. The Labute approximate surface area is 118 Å². The highest BCUT2D eigenvalue weighted by atomic mass is 79.9. The lowest BCUT2D eigenvalue weighted by Gasteiger charge is -2.07. The van der Waals surface area contributed by atoms with E-state index in [1.165, 1.54) is 4.88 Å². The molecule has 0 bridgehead atoms. The Morgan fingerprint density at radius 1 is 1.47 bits per heavy atom. The van der Waals surface area contributed by atoms with E-state index in [2.05, 4.69) is 38.4 Å². The van der Waals surface area contributed by atoms with Gasteiger partial charge in [0.2, 0.25) is 0 Å². The molecular formula is C12H12BrClN2S. The number of halogens is 2. The van der Waals surface area contributed by atoms with Gasteiger partial charge in [-0.25, -0.2) is 4.98 Å². The highest BCUT2D eigenvalue weighted by molar-refractivity contribution is 9.10. The van der Waals surface area contributed by atoms with Gasteiger partial charge in [-0.2, -0.15) is 0 Å². The zero-order valence-corrected chi connectivity index (χ0v) is 12.5. The molecule has 5 heteroatoms. The second-order valence-electron chi connectivity index (χ2n) is 3.73. The summed E-state index contributed by atoms with van der Waals surface area (Å²) < 4.78 is 1.84. The highest BCUT2D eigenvalue weighted by Gasteiger charge is 2.02. The average Bonchev–Trinajstić information content (AvgIpc) is 2.68. The summed E-state index contributed by atoms with van der Waals surface area (Å²) in [6.45, 7) is 2.88. The van der Waals surface area contributed by atoms with Crippen LogP contribution in [0.5, 0.6) is 0 Å². The lowest BCUT2D eigenvalue weighted by atomic mass is 10.3. The Balaban J connectivity index is 1.90. The lowest BCUT2D eigenvalue weighted by Crippen LogP contribution is -2.06. The number of thiophene rings is 1. The summed E-state index contributed by atoms with van der Waals surface area (Å²) in [5.41, 5.74) is 1.15. The van der Waals surface area contributed by atoms with E-state index >= 15 is 0 Å². The lowest BCUT2D eigenvalue weighted by molar-refractivity contribution is 1.02. The minimum atomic E-state index is 0.842. The molecule has 0 aliphatic heterocycles. The Bertz CT molecular complexity index is 513. The summed E-state index contributed by atoms with van der Waals surface area (Å²) in [6, 6.07) is 6.05. The summed E-state index contributed by atoms with van der Waals surface area (Å²) >= 11 is 11.0. The maximum atomic E-state index is 5.88. The summed E-state index contributed by atoms with van der Waals surface area (Å²) in [7, 11) is 0. The SMILES string of the molecule is Cc1cnc(NCCc2ccc(Cl)s2)c(Br)c1. The fourth-order valence-corrected chi connectivity index (χ4v) is 3.14. The number of anilines is 1. The first kappa shape index (κ1) is 12.9.